The molecule has 1 atom stereocenters. The van der Waals surface area contributed by atoms with Crippen molar-refractivity contribution in [2.24, 2.45) is 0 Å². The monoisotopic (exact) mass is 383 g/mol. The van der Waals surface area contributed by atoms with Crippen LogP contribution in [-0.2, 0) is 20.3 Å². The van der Waals surface area contributed by atoms with Gasteiger partial charge in [0.15, 0.2) is 0 Å². The zero-order valence-corrected chi connectivity index (χ0v) is 15.4. The van der Waals surface area contributed by atoms with E-state index in [0.717, 1.165) is 0 Å². The first-order valence-corrected chi connectivity index (χ1v) is 9.77. The number of ether oxygens (including phenoxy) is 1. The second-order valence-corrected chi connectivity index (χ2v) is 8.14. The average molecular weight is 383 g/mol. The molecular weight excluding hydrogens is 361 g/mol. The summed E-state index contributed by atoms with van der Waals surface area (Å²) >= 11 is 0. The third-order valence-corrected chi connectivity index (χ3v) is 6.88. The highest BCUT2D eigenvalue weighted by Crippen LogP contribution is 2.37. The van der Waals surface area contributed by atoms with Crippen LogP contribution in [0.5, 0.6) is 0 Å². The molecule has 0 bridgehead atoms. The summed E-state index contributed by atoms with van der Waals surface area (Å²) < 4.78 is 30.9. The Labute approximate surface area is 153 Å². The summed E-state index contributed by atoms with van der Waals surface area (Å²) in [6.07, 6.45) is 0.900. The fraction of sp³-hybridized carbons (Fsp3) is 0.529. The van der Waals surface area contributed by atoms with Crippen LogP contribution >= 0.6 is 0 Å². The number of hydrogen-bond donors (Lipinski definition) is 1. The van der Waals surface area contributed by atoms with E-state index in [0.29, 0.717) is 44.8 Å². The van der Waals surface area contributed by atoms with Gasteiger partial charge in [-0.3, -0.25) is 9.00 Å². The second kappa shape index (κ2) is 7.71. The SMILES string of the molecule is COCCN1C(=O)CS(=O)C12CCN(C(=O)Nc1cccc(F)c1)CC2. The Balaban J connectivity index is 1.64. The minimum atomic E-state index is -1.29. The van der Waals surface area contributed by atoms with E-state index in [4.69, 9.17) is 4.74 Å². The number of rotatable bonds is 4. The van der Waals surface area contributed by atoms with Gasteiger partial charge in [0, 0.05) is 45.3 Å². The van der Waals surface area contributed by atoms with Crippen molar-refractivity contribution in [2.75, 3.05) is 44.4 Å². The van der Waals surface area contributed by atoms with Crippen LogP contribution < -0.4 is 5.32 Å². The molecule has 2 aliphatic rings. The molecule has 9 heteroatoms. The van der Waals surface area contributed by atoms with Crippen molar-refractivity contribution in [1.29, 1.82) is 0 Å². The van der Waals surface area contributed by atoms with E-state index in [1.54, 1.807) is 23.0 Å². The molecule has 1 unspecified atom stereocenters. The number of carbonyl (C=O) groups is 2. The molecule has 7 nitrogen and oxygen atoms in total. The Morgan fingerprint density at radius 1 is 1.38 bits per heavy atom. The van der Waals surface area contributed by atoms with Crippen LogP contribution in [0.2, 0.25) is 0 Å². The van der Waals surface area contributed by atoms with Gasteiger partial charge in [0.05, 0.1) is 17.4 Å². The lowest BCUT2D eigenvalue weighted by molar-refractivity contribution is -0.131. The molecule has 26 heavy (non-hydrogen) atoms. The number of piperidine rings is 1. The van der Waals surface area contributed by atoms with Gasteiger partial charge in [-0.15, -0.1) is 0 Å². The molecule has 142 valence electrons. The highest BCUT2D eigenvalue weighted by Gasteiger charge is 2.52. The maximum Gasteiger partial charge on any atom is 0.321 e. The second-order valence-electron chi connectivity index (χ2n) is 6.40. The molecule has 2 aliphatic heterocycles. The first-order valence-electron chi connectivity index (χ1n) is 8.46. The lowest BCUT2D eigenvalue weighted by Gasteiger charge is -2.43. The lowest BCUT2D eigenvalue weighted by Crippen LogP contribution is -2.56. The molecule has 1 aromatic rings. The number of likely N-dealkylation sites (tertiary alicyclic amines) is 1. The molecular formula is C17H22FN3O4S. The zero-order valence-electron chi connectivity index (χ0n) is 14.6. The summed E-state index contributed by atoms with van der Waals surface area (Å²) in [7, 11) is 0.271. The summed E-state index contributed by atoms with van der Waals surface area (Å²) in [5.74, 6) is -0.522. The van der Waals surface area contributed by atoms with Gasteiger partial charge in [-0.2, -0.15) is 0 Å². The third-order valence-electron chi connectivity index (χ3n) is 4.90. The van der Waals surface area contributed by atoms with Crippen LogP contribution in [0.15, 0.2) is 24.3 Å². The Morgan fingerprint density at radius 3 is 2.77 bits per heavy atom. The maximum absolute atomic E-state index is 13.2. The molecule has 3 rings (SSSR count). The number of halogens is 1. The van der Waals surface area contributed by atoms with E-state index in [1.165, 1.54) is 18.2 Å². The first kappa shape index (κ1) is 18.8. The van der Waals surface area contributed by atoms with Crippen molar-refractivity contribution in [3.63, 3.8) is 0 Å². The van der Waals surface area contributed by atoms with Crippen molar-refractivity contribution in [3.8, 4) is 0 Å². The fourth-order valence-electron chi connectivity index (χ4n) is 3.51. The van der Waals surface area contributed by atoms with E-state index in [-0.39, 0.29) is 17.7 Å². The number of carbonyl (C=O) groups excluding carboxylic acids is 2. The molecule has 1 N–H and O–H groups in total. The Morgan fingerprint density at radius 2 is 2.12 bits per heavy atom. The van der Waals surface area contributed by atoms with Crippen LogP contribution in [-0.4, -0.2) is 69.9 Å². The molecule has 0 aromatic heterocycles. The predicted octanol–water partition coefficient (Wildman–Crippen LogP) is 1.39. The smallest absolute Gasteiger partial charge is 0.321 e. The van der Waals surface area contributed by atoms with Gasteiger partial charge in [-0.25, -0.2) is 9.18 Å². The molecule has 1 aromatic carbocycles. The normalized spacial score (nSPS) is 22.1. The van der Waals surface area contributed by atoms with Gasteiger partial charge in [-0.1, -0.05) is 6.07 Å². The van der Waals surface area contributed by atoms with Gasteiger partial charge < -0.3 is 19.9 Å². The number of nitrogens with zero attached hydrogens (tertiary/aromatic N) is 2. The molecule has 3 amide bonds. The molecule has 2 heterocycles. The third kappa shape index (κ3) is 3.59. The minimum Gasteiger partial charge on any atom is -0.383 e. The highest BCUT2D eigenvalue weighted by atomic mass is 32.2. The van der Waals surface area contributed by atoms with Gasteiger partial charge in [-0.05, 0) is 18.2 Å². The van der Waals surface area contributed by atoms with Gasteiger partial charge in [0.2, 0.25) is 5.91 Å². The Kier molecular flexibility index (Phi) is 5.57. The van der Waals surface area contributed by atoms with Gasteiger partial charge in [0.1, 0.15) is 16.4 Å². The average Bonchev–Trinajstić information content (AvgIpc) is 2.83. The molecule has 2 fully saturated rings. The van der Waals surface area contributed by atoms with E-state index in [9.17, 15) is 18.2 Å². The largest absolute Gasteiger partial charge is 0.383 e. The van der Waals surface area contributed by atoms with E-state index >= 15 is 0 Å². The number of benzene rings is 1. The lowest BCUT2D eigenvalue weighted by atomic mass is 10.0. The summed E-state index contributed by atoms with van der Waals surface area (Å²) in [6.45, 7) is 1.54. The number of anilines is 1. The van der Waals surface area contributed by atoms with E-state index < -0.39 is 21.5 Å². The maximum atomic E-state index is 13.2. The van der Waals surface area contributed by atoms with Crippen molar-refractivity contribution in [1.82, 2.24) is 9.80 Å². The summed E-state index contributed by atoms with van der Waals surface area (Å²) in [5, 5.41) is 2.67. The fourth-order valence-corrected chi connectivity index (χ4v) is 5.24. The van der Waals surface area contributed by atoms with Crippen LogP contribution in [0.3, 0.4) is 0 Å². The van der Waals surface area contributed by atoms with Crippen molar-refractivity contribution >= 4 is 28.4 Å². The standard InChI is InChI=1S/C17H22FN3O4S/c1-25-10-9-21-15(22)12-26(24)17(21)5-7-20(8-6-17)16(23)19-14-4-2-3-13(18)11-14/h2-4,11H,5-10,12H2,1H3,(H,19,23). The van der Waals surface area contributed by atoms with Gasteiger partial charge >= 0.3 is 6.03 Å². The molecule has 2 saturated heterocycles. The molecule has 0 saturated carbocycles. The number of nitrogens with one attached hydrogen (secondary N) is 1. The van der Waals surface area contributed by atoms with Crippen LogP contribution in [0.25, 0.3) is 0 Å². The van der Waals surface area contributed by atoms with Crippen molar-refractivity contribution in [2.45, 2.75) is 17.7 Å². The highest BCUT2D eigenvalue weighted by molar-refractivity contribution is 7.87. The molecule has 0 aliphatic carbocycles. The minimum absolute atomic E-state index is 0.0270. The van der Waals surface area contributed by atoms with Gasteiger partial charge in [0.25, 0.3) is 0 Å². The van der Waals surface area contributed by atoms with Crippen molar-refractivity contribution < 1.29 is 22.9 Å². The Hall–Kier alpha value is -2.00. The van der Waals surface area contributed by atoms with Crippen molar-refractivity contribution in [3.05, 3.63) is 30.1 Å². The van der Waals surface area contributed by atoms with Crippen LogP contribution in [0.1, 0.15) is 12.8 Å². The quantitative estimate of drug-likeness (QED) is 0.852. The number of urea groups is 1. The van der Waals surface area contributed by atoms with Crippen LogP contribution in [0, 0.1) is 5.82 Å². The summed E-state index contributed by atoms with van der Waals surface area (Å²) in [6, 6.07) is 5.37. The van der Waals surface area contributed by atoms with E-state index in [2.05, 4.69) is 5.32 Å². The Bertz CT molecular complexity index is 722. The van der Waals surface area contributed by atoms with Crippen LogP contribution in [0.4, 0.5) is 14.9 Å². The number of amides is 3. The molecule has 1 spiro atoms. The zero-order chi connectivity index (χ0) is 18.7. The first-order chi connectivity index (χ1) is 12.5. The molecule has 0 radical (unpaired) electrons. The predicted molar refractivity (Wildman–Crippen MR) is 95.6 cm³/mol. The summed E-state index contributed by atoms with van der Waals surface area (Å²) in [4.78, 5) is 27.1. The number of hydrogen-bond acceptors (Lipinski definition) is 4. The topological polar surface area (TPSA) is 79.0 Å². The summed E-state index contributed by atoms with van der Waals surface area (Å²) in [5.41, 5.74) is 0.386. The van der Waals surface area contributed by atoms with E-state index in [1.807, 2.05) is 0 Å². The number of methoxy groups -OCH3 is 1.